The van der Waals surface area contributed by atoms with E-state index >= 15 is 0 Å². The number of nitrogens with zero attached hydrogens (tertiary/aromatic N) is 3. The standard InChI is InChI=1S/C18H23N3O4S2/c1-12(22)20-8-7-13-9-15(5-6-16(13)20)27(24,25)21-11-26-10-17(21)18(23)19(2)14-3-4-14/h5-6,9,14,17H,3-4,7-8,10-11H2,1-2H3. The number of carbonyl (C=O) groups excluding carboxylic acids is 2. The second-order valence-corrected chi connectivity index (χ2v) is 10.2. The van der Waals surface area contributed by atoms with Crippen molar-refractivity contribution >= 4 is 39.3 Å². The number of anilines is 1. The molecule has 2 heterocycles. The molecule has 1 unspecified atom stereocenters. The summed E-state index contributed by atoms with van der Waals surface area (Å²) in [5.41, 5.74) is 1.63. The summed E-state index contributed by atoms with van der Waals surface area (Å²) < 4.78 is 27.8. The summed E-state index contributed by atoms with van der Waals surface area (Å²) in [5.74, 6) is 0.607. The average Bonchev–Trinajstić information content (AvgIpc) is 3.20. The Balaban J connectivity index is 1.61. The van der Waals surface area contributed by atoms with E-state index in [1.807, 2.05) is 0 Å². The van der Waals surface area contributed by atoms with Crippen LogP contribution in [0.1, 0.15) is 25.3 Å². The molecule has 1 aromatic carbocycles. The highest BCUT2D eigenvalue weighted by Gasteiger charge is 2.43. The normalized spacial score (nSPS) is 22.7. The van der Waals surface area contributed by atoms with Crippen LogP contribution in [0.2, 0.25) is 0 Å². The topological polar surface area (TPSA) is 78.0 Å². The summed E-state index contributed by atoms with van der Waals surface area (Å²) in [4.78, 5) is 28.0. The van der Waals surface area contributed by atoms with E-state index < -0.39 is 16.1 Å². The fraction of sp³-hybridized carbons (Fsp3) is 0.556. The minimum absolute atomic E-state index is 0.0472. The number of carbonyl (C=O) groups is 2. The molecule has 0 radical (unpaired) electrons. The Morgan fingerprint density at radius 3 is 2.67 bits per heavy atom. The molecule has 2 aliphatic heterocycles. The molecular formula is C18H23N3O4S2. The molecule has 0 bridgehead atoms. The van der Waals surface area contributed by atoms with Crippen LogP contribution in [0.5, 0.6) is 0 Å². The van der Waals surface area contributed by atoms with Crippen LogP contribution in [-0.4, -0.2) is 66.7 Å². The Bertz CT molecular complexity index is 898. The zero-order valence-electron chi connectivity index (χ0n) is 15.4. The monoisotopic (exact) mass is 409 g/mol. The van der Waals surface area contributed by atoms with Crippen molar-refractivity contribution in [3.05, 3.63) is 23.8 Å². The zero-order chi connectivity index (χ0) is 19.3. The van der Waals surface area contributed by atoms with Gasteiger partial charge < -0.3 is 9.80 Å². The van der Waals surface area contributed by atoms with Gasteiger partial charge in [-0.15, -0.1) is 11.8 Å². The Labute approximate surface area is 163 Å². The van der Waals surface area contributed by atoms with Gasteiger partial charge in [0.05, 0.1) is 10.8 Å². The molecule has 1 saturated carbocycles. The van der Waals surface area contributed by atoms with Crippen LogP contribution in [0.15, 0.2) is 23.1 Å². The summed E-state index contributed by atoms with van der Waals surface area (Å²) >= 11 is 1.47. The molecule has 1 aromatic rings. The second kappa shape index (κ2) is 6.79. The van der Waals surface area contributed by atoms with E-state index in [-0.39, 0.29) is 28.6 Å². The lowest BCUT2D eigenvalue weighted by molar-refractivity contribution is -0.133. The van der Waals surface area contributed by atoms with Crippen LogP contribution in [0.4, 0.5) is 5.69 Å². The van der Waals surface area contributed by atoms with Gasteiger partial charge in [-0.3, -0.25) is 9.59 Å². The van der Waals surface area contributed by atoms with Gasteiger partial charge in [-0.2, -0.15) is 4.31 Å². The fourth-order valence-electron chi connectivity index (χ4n) is 3.74. The first-order valence-corrected chi connectivity index (χ1v) is 11.7. The molecule has 1 atom stereocenters. The van der Waals surface area contributed by atoms with E-state index in [0.717, 1.165) is 24.1 Å². The van der Waals surface area contributed by atoms with Crippen LogP contribution in [0.25, 0.3) is 0 Å². The van der Waals surface area contributed by atoms with Crippen LogP contribution in [0, 0.1) is 0 Å². The van der Waals surface area contributed by atoms with Crippen LogP contribution < -0.4 is 4.90 Å². The van der Waals surface area contributed by atoms with E-state index in [4.69, 9.17) is 0 Å². The summed E-state index contributed by atoms with van der Waals surface area (Å²) in [6.45, 7) is 2.08. The van der Waals surface area contributed by atoms with Crippen molar-refractivity contribution < 1.29 is 18.0 Å². The van der Waals surface area contributed by atoms with Gasteiger partial charge in [-0.25, -0.2) is 8.42 Å². The van der Waals surface area contributed by atoms with Gasteiger partial charge in [0, 0.05) is 38.0 Å². The number of thioether (sulfide) groups is 1. The third-order valence-electron chi connectivity index (χ3n) is 5.50. The molecule has 4 rings (SSSR count). The first-order chi connectivity index (χ1) is 12.8. The molecule has 3 aliphatic rings. The molecule has 146 valence electrons. The summed E-state index contributed by atoms with van der Waals surface area (Å²) in [7, 11) is -2.01. The van der Waals surface area contributed by atoms with Crippen LogP contribution >= 0.6 is 11.8 Å². The maximum absolute atomic E-state index is 13.2. The van der Waals surface area contributed by atoms with E-state index in [1.165, 1.54) is 23.0 Å². The summed E-state index contributed by atoms with van der Waals surface area (Å²) in [5, 5.41) is 0. The average molecular weight is 410 g/mol. The highest BCUT2D eigenvalue weighted by Crippen LogP contribution is 2.35. The van der Waals surface area contributed by atoms with Gasteiger partial charge in [0.25, 0.3) is 0 Å². The van der Waals surface area contributed by atoms with E-state index in [2.05, 4.69) is 0 Å². The molecule has 0 N–H and O–H groups in total. The number of likely N-dealkylation sites (N-methyl/N-ethyl adjacent to an activating group) is 1. The smallest absolute Gasteiger partial charge is 0.244 e. The molecular weight excluding hydrogens is 386 g/mol. The Morgan fingerprint density at radius 2 is 2.00 bits per heavy atom. The van der Waals surface area contributed by atoms with Crippen LogP contribution in [-0.2, 0) is 26.0 Å². The van der Waals surface area contributed by atoms with Gasteiger partial charge in [-0.05, 0) is 43.0 Å². The van der Waals surface area contributed by atoms with Crippen molar-refractivity contribution in [2.45, 2.75) is 43.2 Å². The fourth-order valence-corrected chi connectivity index (χ4v) is 6.92. The maximum Gasteiger partial charge on any atom is 0.244 e. The summed E-state index contributed by atoms with van der Waals surface area (Å²) in [6, 6.07) is 4.51. The molecule has 27 heavy (non-hydrogen) atoms. The second-order valence-electron chi connectivity index (χ2n) is 7.30. The number of sulfonamides is 1. The number of amides is 2. The lowest BCUT2D eigenvalue weighted by atomic mass is 10.2. The van der Waals surface area contributed by atoms with Gasteiger partial charge in [0.1, 0.15) is 6.04 Å². The lowest BCUT2D eigenvalue weighted by Crippen LogP contribution is -2.48. The highest BCUT2D eigenvalue weighted by molar-refractivity contribution is 8.00. The molecule has 2 amide bonds. The SMILES string of the molecule is CC(=O)N1CCc2cc(S(=O)(=O)N3CSCC3C(=O)N(C)C3CC3)ccc21. The first kappa shape index (κ1) is 18.8. The molecule has 9 heteroatoms. The minimum Gasteiger partial charge on any atom is -0.341 e. The number of rotatable bonds is 4. The van der Waals surface area contributed by atoms with E-state index in [0.29, 0.717) is 18.7 Å². The van der Waals surface area contributed by atoms with Crippen molar-refractivity contribution in [1.82, 2.24) is 9.21 Å². The van der Waals surface area contributed by atoms with Crippen LogP contribution in [0.3, 0.4) is 0 Å². The predicted octanol–water partition coefficient (Wildman–Crippen LogP) is 1.28. The quantitative estimate of drug-likeness (QED) is 0.749. The Morgan fingerprint density at radius 1 is 1.26 bits per heavy atom. The molecule has 0 spiro atoms. The largest absolute Gasteiger partial charge is 0.341 e. The van der Waals surface area contributed by atoms with Gasteiger partial charge in [0.2, 0.25) is 21.8 Å². The molecule has 7 nitrogen and oxygen atoms in total. The van der Waals surface area contributed by atoms with E-state index in [9.17, 15) is 18.0 Å². The Hall–Kier alpha value is -1.58. The van der Waals surface area contributed by atoms with Gasteiger partial charge in [0.15, 0.2) is 0 Å². The number of hydrogen-bond acceptors (Lipinski definition) is 5. The number of hydrogen-bond donors (Lipinski definition) is 0. The van der Waals surface area contributed by atoms with Crippen molar-refractivity contribution in [2.24, 2.45) is 0 Å². The third kappa shape index (κ3) is 3.25. The molecule has 0 aromatic heterocycles. The van der Waals surface area contributed by atoms with Gasteiger partial charge >= 0.3 is 0 Å². The number of fused-ring (bicyclic) bond motifs is 1. The molecule has 1 saturated heterocycles. The van der Waals surface area contributed by atoms with Crippen molar-refractivity contribution in [2.75, 3.05) is 30.1 Å². The minimum atomic E-state index is -3.77. The highest BCUT2D eigenvalue weighted by atomic mass is 32.2. The Kier molecular flexibility index (Phi) is 4.72. The zero-order valence-corrected chi connectivity index (χ0v) is 17.1. The third-order valence-corrected chi connectivity index (χ3v) is 8.53. The van der Waals surface area contributed by atoms with Gasteiger partial charge in [-0.1, -0.05) is 0 Å². The predicted molar refractivity (Wildman–Crippen MR) is 104 cm³/mol. The molecule has 1 aliphatic carbocycles. The van der Waals surface area contributed by atoms with E-state index in [1.54, 1.807) is 35.0 Å². The lowest BCUT2D eigenvalue weighted by Gasteiger charge is -2.27. The maximum atomic E-state index is 13.2. The first-order valence-electron chi connectivity index (χ1n) is 9.08. The summed E-state index contributed by atoms with van der Waals surface area (Å²) in [6.07, 6.45) is 2.62. The molecule has 2 fully saturated rings. The van der Waals surface area contributed by atoms with Crippen molar-refractivity contribution in [3.63, 3.8) is 0 Å². The number of benzene rings is 1. The van der Waals surface area contributed by atoms with Crippen molar-refractivity contribution in [3.8, 4) is 0 Å². The van der Waals surface area contributed by atoms with Crippen molar-refractivity contribution in [1.29, 1.82) is 0 Å².